The van der Waals surface area contributed by atoms with E-state index in [2.05, 4.69) is 20.8 Å². The molecule has 0 aliphatic rings. The number of ether oxygens (including phenoxy) is 1. The maximum atomic E-state index is 11.4. The van der Waals surface area contributed by atoms with Crippen LogP contribution in [-0.2, 0) is 9.53 Å². The maximum absolute atomic E-state index is 11.4. The summed E-state index contributed by atoms with van der Waals surface area (Å²) in [6.07, 6.45) is 5.77. The molecule has 0 fully saturated rings. The number of carbonyl (C=O) groups excluding carboxylic acids is 1. The van der Waals surface area contributed by atoms with Crippen molar-refractivity contribution in [2.45, 2.75) is 73.0 Å². The summed E-state index contributed by atoms with van der Waals surface area (Å²) in [7, 11) is 0. The van der Waals surface area contributed by atoms with E-state index in [0.717, 1.165) is 31.9 Å². The van der Waals surface area contributed by atoms with Crippen molar-refractivity contribution >= 4 is 5.91 Å². The van der Waals surface area contributed by atoms with Crippen LogP contribution in [0.15, 0.2) is 0 Å². The zero-order valence-electron chi connectivity index (χ0n) is 12.9. The summed E-state index contributed by atoms with van der Waals surface area (Å²) in [6, 6.07) is 0. The van der Waals surface area contributed by atoms with Crippen LogP contribution in [0.25, 0.3) is 0 Å². The number of hydrogen-bond acceptors (Lipinski definition) is 2. The SMILES string of the molecule is CCCN(C(C)=O)C(C)OCCCCCC(C)C. The minimum absolute atomic E-state index is 0.0902. The van der Waals surface area contributed by atoms with E-state index in [1.54, 1.807) is 11.8 Å². The first-order valence-corrected chi connectivity index (χ1v) is 7.37. The van der Waals surface area contributed by atoms with E-state index < -0.39 is 0 Å². The number of nitrogens with zero attached hydrogens (tertiary/aromatic N) is 1. The predicted octanol–water partition coefficient (Wildman–Crippen LogP) is 3.82. The second-order valence-electron chi connectivity index (χ2n) is 5.43. The Morgan fingerprint density at radius 1 is 1.17 bits per heavy atom. The fourth-order valence-corrected chi connectivity index (χ4v) is 2.01. The van der Waals surface area contributed by atoms with Gasteiger partial charge in [0, 0.05) is 20.1 Å². The Labute approximate surface area is 113 Å². The number of hydrogen-bond donors (Lipinski definition) is 0. The first-order chi connectivity index (χ1) is 8.49. The fourth-order valence-electron chi connectivity index (χ4n) is 2.01. The lowest BCUT2D eigenvalue weighted by Crippen LogP contribution is -2.39. The minimum atomic E-state index is -0.0902. The first-order valence-electron chi connectivity index (χ1n) is 7.37. The Bertz CT molecular complexity index is 217. The minimum Gasteiger partial charge on any atom is -0.359 e. The van der Waals surface area contributed by atoms with Gasteiger partial charge in [0.05, 0.1) is 0 Å². The molecule has 0 aliphatic carbocycles. The maximum Gasteiger partial charge on any atom is 0.221 e. The van der Waals surface area contributed by atoms with Gasteiger partial charge >= 0.3 is 0 Å². The van der Waals surface area contributed by atoms with E-state index in [1.165, 1.54) is 19.3 Å². The van der Waals surface area contributed by atoms with Crippen LogP contribution in [0.2, 0.25) is 0 Å². The smallest absolute Gasteiger partial charge is 0.221 e. The molecular formula is C15H31NO2. The van der Waals surface area contributed by atoms with Gasteiger partial charge in [0.2, 0.25) is 5.91 Å². The number of amides is 1. The van der Waals surface area contributed by atoms with Gasteiger partial charge in [-0.25, -0.2) is 0 Å². The summed E-state index contributed by atoms with van der Waals surface area (Å²) in [4.78, 5) is 13.2. The van der Waals surface area contributed by atoms with E-state index >= 15 is 0 Å². The summed E-state index contributed by atoms with van der Waals surface area (Å²) >= 11 is 0. The van der Waals surface area contributed by atoms with E-state index in [1.807, 2.05) is 6.92 Å². The lowest BCUT2D eigenvalue weighted by Gasteiger charge is -2.27. The standard InChI is InChI=1S/C15H31NO2/c1-6-11-16(14(4)17)15(5)18-12-9-7-8-10-13(2)3/h13,15H,6-12H2,1-5H3. The van der Waals surface area contributed by atoms with Gasteiger partial charge in [0.15, 0.2) is 0 Å². The van der Waals surface area contributed by atoms with Crippen molar-refractivity contribution in [3.8, 4) is 0 Å². The van der Waals surface area contributed by atoms with Crippen LogP contribution >= 0.6 is 0 Å². The summed E-state index contributed by atoms with van der Waals surface area (Å²) in [5.74, 6) is 0.895. The monoisotopic (exact) mass is 257 g/mol. The predicted molar refractivity (Wildman–Crippen MR) is 76.4 cm³/mol. The molecule has 0 radical (unpaired) electrons. The normalized spacial score (nSPS) is 12.8. The Hall–Kier alpha value is -0.570. The molecule has 0 saturated heterocycles. The quantitative estimate of drug-likeness (QED) is 0.440. The highest BCUT2D eigenvalue weighted by molar-refractivity contribution is 5.73. The topological polar surface area (TPSA) is 29.5 Å². The van der Waals surface area contributed by atoms with Gasteiger partial charge in [-0.3, -0.25) is 4.79 Å². The molecule has 0 heterocycles. The van der Waals surface area contributed by atoms with Gasteiger partial charge in [-0.05, 0) is 25.7 Å². The highest BCUT2D eigenvalue weighted by Crippen LogP contribution is 2.09. The fraction of sp³-hybridized carbons (Fsp3) is 0.933. The van der Waals surface area contributed by atoms with Gasteiger partial charge in [0.25, 0.3) is 0 Å². The number of carbonyl (C=O) groups is 1. The summed E-state index contributed by atoms with van der Waals surface area (Å²) in [5, 5.41) is 0. The largest absolute Gasteiger partial charge is 0.359 e. The number of rotatable bonds is 10. The molecule has 0 rings (SSSR count). The Balaban J connectivity index is 3.67. The zero-order valence-corrected chi connectivity index (χ0v) is 12.9. The van der Waals surface area contributed by atoms with Gasteiger partial charge in [0.1, 0.15) is 6.23 Å². The third-order valence-corrected chi connectivity index (χ3v) is 3.09. The average molecular weight is 257 g/mol. The zero-order chi connectivity index (χ0) is 14.0. The lowest BCUT2D eigenvalue weighted by atomic mass is 10.1. The van der Waals surface area contributed by atoms with Crippen molar-refractivity contribution in [3.05, 3.63) is 0 Å². The van der Waals surface area contributed by atoms with Crippen molar-refractivity contribution in [1.82, 2.24) is 4.90 Å². The van der Waals surface area contributed by atoms with Crippen LogP contribution in [0.1, 0.15) is 66.7 Å². The molecule has 0 aliphatic heterocycles. The molecule has 18 heavy (non-hydrogen) atoms. The first kappa shape index (κ1) is 17.4. The molecular weight excluding hydrogens is 226 g/mol. The highest BCUT2D eigenvalue weighted by Gasteiger charge is 2.15. The van der Waals surface area contributed by atoms with Crippen LogP contribution in [0.4, 0.5) is 0 Å². The van der Waals surface area contributed by atoms with E-state index in [4.69, 9.17) is 4.74 Å². The molecule has 108 valence electrons. The molecule has 0 spiro atoms. The third-order valence-electron chi connectivity index (χ3n) is 3.09. The molecule has 3 heteroatoms. The Kier molecular flexibility index (Phi) is 10.0. The van der Waals surface area contributed by atoms with Crippen LogP contribution in [0.5, 0.6) is 0 Å². The third kappa shape index (κ3) is 8.51. The lowest BCUT2D eigenvalue weighted by molar-refractivity contribution is -0.142. The molecule has 0 aromatic rings. The average Bonchev–Trinajstić information content (AvgIpc) is 2.29. The van der Waals surface area contributed by atoms with Crippen LogP contribution in [0, 0.1) is 5.92 Å². The summed E-state index contributed by atoms with van der Waals surface area (Å²) in [6.45, 7) is 11.7. The van der Waals surface area contributed by atoms with E-state index in [9.17, 15) is 4.79 Å². The molecule has 0 aromatic heterocycles. The molecule has 0 bridgehead atoms. The Morgan fingerprint density at radius 3 is 2.33 bits per heavy atom. The molecule has 0 saturated carbocycles. The highest BCUT2D eigenvalue weighted by atomic mass is 16.5. The van der Waals surface area contributed by atoms with E-state index in [-0.39, 0.29) is 12.1 Å². The van der Waals surface area contributed by atoms with Gasteiger partial charge in [-0.15, -0.1) is 0 Å². The molecule has 0 N–H and O–H groups in total. The van der Waals surface area contributed by atoms with Crippen molar-refractivity contribution in [2.24, 2.45) is 5.92 Å². The molecule has 3 nitrogen and oxygen atoms in total. The molecule has 1 amide bonds. The summed E-state index contributed by atoms with van der Waals surface area (Å²) in [5.41, 5.74) is 0. The second kappa shape index (κ2) is 10.4. The van der Waals surface area contributed by atoms with Gasteiger partial charge < -0.3 is 9.64 Å². The van der Waals surface area contributed by atoms with Crippen LogP contribution < -0.4 is 0 Å². The van der Waals surface area contributed by atoms with Gasteiger partial charge in [-0.2, -0.15) is 0 Å². The van der Waals surface area contributed by atoms with Crippen LogP contribution in [0.3, 0.4) is 0 Å². The molecule has 1 unspecified atom stereocenters. The Morgan fingerprint density at radius 2 is 1.83 bits per heavy atom. The number of unbranched alkanes of at least 4 members (excludes halogenated alkanes) is 2. The van der Waals surface area contributed by atoms with Crippen molar-refractivity contribution in [3.63, 3.8) is 0 Å². The van der Waals surface area contributed by atoms with Crippen molar-refractivity contribution in [2.75, 3.05) is 13.2 Å². The van der Waals surface area contributed by atoms with E-state index in [0.29, 0.717) is 0 Å². The van der Waals surface area contributed by atoms with Crippen molar-refractivity contribution in [1.29, 1.82) is 0 Å². The summed E-state index contributed by atoms with van der Waals surface area (Å²) < 4.78 is 5.73. The van der Waals surface area contributed by atoms with Gasteiger partial charge in [-0.1, -0.05) is 40.0 Å². The van der Waals surface area contributed by atoms with Crippen molar-refractivity contribution < 1.29 is 9.53 Å². The van der Waals surface area contributed by atoms with Crippen LogP contribution in [-0.4, -0.2) is 30.2 Å². The molecule has 0 aromatic carbocycles. The second-order valence-corrected chi connectivity index (χ2v) is 5.43. The molecule has 1 atom stereocenters.